The summed E-state index contributed by atoms with van der Waals surface area (Å²) in [5.41, 5.74) is 0.841. The first-order valence-corrected chi connectivity index (χ1v) is 6.75. The van der Waals surface area contributed by atoms with Gasteiger partial charge >= 0.3 is 0 Å². The van der Waals surface area contributed by atoms with Gasteiger partial charge in [0.25, 0.3) is 0 Å². The predicted octanol–water partition coefficient (Wildman–Crippen LogP) is 1.70. The van der Waals surface area contributed by atoms with Crippen LogP contribution in [0.25, 0.3) is 0 Å². The van der Waals surface area contributed by atoms with Crippen LogP contribution in [-0.4, -0.2) is 35.1 Å². The normalized spacial score (nSPS) is 25.8. The second kappa shape index (κ2) is 4.39. The Bertz CT molecular complexity index is 439. The molecular formula is C15H19NO2. The maximum absolute atomic E-state index is 12.7. The van der Waals surface area contributed by atoms with E-state index in [1.807, 2.05) is 23.1 Å². The second-order valence-electron chi connectivity index (χ2n) is 5.50. The van der Waals surface area contributed by atoms with Gasteiger partial charge in [-0.05, 0) is 24.8 Å². The Hall–Kier alpha value is -1.35. The molecule has 0 unspecified atom stereocenters. The molecule has 3 nitrogen and oxygen atoms in total. The minimum Gasteiger partial charge on any atom is -0.391 e. The predicted molar refractivity (Wildman–Crippen MR) is 69.2 cm³/mol. The lowest BCUT2D eigenvalue weighted by Gasteiger charge is -2.43. The number of rotatable bonds is 2. The van der Waals surface area contributed by atoms with E-state index in [1.54, 1.807) is 0 Å². The SMILES string of the molecule is O=C(N1CC[C@H](O)C1)C1(c2ccccc2)CCC1. The van der Waals surface area contributed by atoms with E-state index in [-0.39, 0.29) is 17.4 Å². The first-order chi connectivity index (χ1) is 8.72. The third-order valence-corrected chi connectivity index (χ3v) is 4.39. The van der Waals surface area contributed by atoms with Crippen LogP contribution in [0.1, 0.15) is 31.2 Å². The number of benzene rings is 1. The average molecular weight is 245 g/mol. The van der Waals surface area contributed by atoms with Crippen molar-refractivity contribution in [1.29, 1.82) is 0 Å². The van der Waals surface area contributed by atoms with Crippen LogP contribution in [0.4, 0.5) is 0 Å². The summed E-state index contributed by atoms with van der Waals surface area (Å²) in [6.07, 6.45) is 3.40. The molecular weight excluding hydrogens is 226 g/mol. The Morgan fingerprint density at radius 3 is 2.50 bits per heavy atom. The van der Waals surface area contributed by atoms with Crippen LogP contribution < -0.4 is 0 Å². The highest BCUT2D eigenvalue weighted by molar-refractivity contribution is 5.89. The van der Waals surface area contributed by atoms with E-state index in [0.717, 1.165) is 31.2 Å². The molecule has 1 saturated carbocycles. The van der Waals surface area contributed by atoms with E-state index in [2.05, 4.69) is 12.1 Å². The summed E-state index contributed by atoms with van der Waals surface area (Å²) >= 11 is 0. The summed E-state index contributed by atoms with van der Waals surface area (Å²) in [6.45, 7) is 1.21. The fraction of sp³-hybridized carbons (Fsp3) is 0.533. The minimum atomic E-state index is -0.332. The standard InChI is InChI=1S/C15H19NO2/c17-13-7-10-16(11-13)14(18)15(8-4-9-15)12-5-2-1-3-6-12/h1-3,5-6,13,17H,4,7-11H2/t13-/m0/s1. The van der Waals surface area contributed by atoms with E-state index < -0.39 is 0 Å². The van der Waals surface area contributed by atoms with Crippen molar-refractivity contribution >= 4 is 5.91 Å². The van der Waals surface area contributed by atoms with Gasteiger partial charge in [0.2, 0.25) is 5.91 Å². The molecule has 0 spiro atoms. The Kier molecular flexibility index (Phi) is 2.86. The summed E-state index contributed by atoms with van der Waals surface area (Å²) in [4.78, 5) is 14.6. The molecule has 0 bridgehead atoms. The zero-order chi connectivity index (χ0) is 12.6. The van der Waals surface area contributed by atoms with Crippen LogP contribution in [0, 0.1) is 0 Å². The van der Waals surface area contributed by atoms with Gasteiger partial charge in [-0.25, -0.2) is 0 Å². The van der Waals surface area contributed by atoms with Gasteiger partial charge in [-0.15, -0.1) is 0 Å². The van der Waals surface area contributed by atoms with Crippen molar-refractivity contribution in [3.05, 3.63) is 35.9 Å². The van der Waals surface area contributed by atoms with Crippen molar-refractivity contribution in [2.45, 2.75) is 37.2 Å². The van der Waals surface area contributed by atoms with Gasteiger partial charge < -0.3 is 10.0 Å². The molecule has 1 aliphatic heterocycles. The van der Waals surface area contributed by atoms with Crippen LogP contribution in [0.5, 0.6) is 0 Å². The van der Waals surface area contributed by atoms with Gasteiger partial charge in [0, 0.05) is 13.1 Å². The van der Waals surface area contributed by atoms with Crippen molar-refractivity contribution in [2.24, 2.45) is 0 Å². The van der Waals surface area contributed by atoms with Crippen LogP contribution in [-0.2, 0) is 10.2 Å². The molecule has 1 heterocycles. The average Bonchev–Trinajstić information content (AvgIpc) is 2.76. The lowest BCUT2D eigenvalue weighted by atomic mass is 9.63. The van der Waals surface area contributed by atoms with Gasteiger partial charge in [0.05, 0.1) is 11.5 Å². The summed E-state index contributed by atoms with van der Waals surface area (Å²) < 4.78 is 0. The molecule has 0 radical (unpaired) electrons. The number of aliphatic hydroxyl groups is 1. The number of carbonyl (C=O) groups excluding carboxylic acids is 1. The number of aliphatic hydroxyl groups excluding tert-OH is 1. The highest BCUT2D eigenvalue weighted by Crippen LogP contribution is 2.45. The Balaban J connectivity index is 1.86. The van der Waals surface area contributed by atoms with Gasteiger partial charge in [-0.1, -0.05) is 36.8 Å². The largest absolute Gasteiger partial charge is 0.391 e. The number of β-amino-alcohol motifs (C(OH)–C–C–N with tert-alkyl or cyclic N) is 1. The number of likely N-dealkylation sites (tertiary alicyclic amines) is 1. The fourth-order valence-electron chi connectivity index (χ4n) is 3.14. The van der Waals surface area contributed by atoms with E-state index in [9.17, 15) is 9.90 Å². The second-order valence-corrected chi connectivity index (χ2v) is 5.50. The molecule has 3 rings (SSSR count). The van der Waals surface area contributed by atoms with E-state index >= 15 is 0 Å². The lowest BCUT2D eigenvalue weighted by molar-refractivity contribution is -0.140. The molecule has 3 heteroatoms. The molecule has 1 atom stereocenters. The van der Waals surface area contributed by atoms with E-state index in [0.29, 0.717) is 13.1 Å². The van der Waals surface area contributed by atoms with E-state index in [4.69, 9.17) is 0 Å². The van der Waals surface area contributed by atoms with Gasteiger partial charge in [-0.3, -0.25) is 4.79 Å². The maximum atomic E-state index is 12.7. The third kappa shape index (κ3) is 1.74. The molecule has 1 saturated heterocycles. The van der Waals surface area contributed by atoms with Gasteiger partial charge in [0.1, 0.15) is 0 Å². The molecule has 1 aliphatic carbocycles. The first-order valence-electron chi connectivity index (χ1n) is 6.75. The maximum Gasteiger partial charge on any atom is 0.233 e. The molecule has 1 amide bonds. The monoisotopic (exact) mass is 245 g/mol. The van der Waals surface area contributed by atoms with Crippen LogP contribution in [0.15, 0.2) is 30.3 Å². The summed E-state index contributed by atoms with van der Waals surface area (Å²) in [5, 5.41) is 9.58. The summed E-state index contributed by atoms with van der Waals surface area (Å²) in [6, 6.07) is 10.1. The Morgan fingerprint density at radius 1 is 1.28 bits per heavy atom. The number of hydrogen-bond acceptors (Lipinski definition) is 2. The van der Waals surface area contributed by atoms with Crippen LogP contribution in [0.2, 0.25) is 0 Å². The van der Waals surface area contributed by atoms with Crippen LogP contribution >= 0.6 is 0 Å². The van der Waals surface area contributed by atoms with Crippen LogP contribution in [0.3, 0.4) is 0 Å². The molecule has 1 aromatic carbocycles. The number of carbonyl (C=O) groups is 1. The Morgan fingerprint density at radius 2 is 2.00 bits per heavy atom. The van der Waals surface area contributed by atoms with Crippen molar-refractivity contribution in [3.8, 4) is 0 Å². The quantitative estimate of drug-likeness (QED) is 0.861. The summed E-state index contributed by atoms with van der Waals surface area (Å²) in [5.74, 6) is 0.219. The molecule has 2 fully saturated rings. The summed E-state index contributed by atoms with van der Waals surface area (Å²) in [7, 11) is 0. The molecule has 96 valence electrons. The lowest BCUT2D eigenvalue weighted by Crippen LogP contribution is -2.50. The Labute approximate surface area is 107 Å². The molecule has 1 aromatic rings. The number of amides is 1. The smallest absolute Gasteiger partial charge is 0.233 e. The van der Waals surface area contributed by atoms with Crippen molar-refractivity contribution < 1.29 is 9.90 Å². The topological polar surface area (TPSA) is 40.5 Å². The van der Waals surface area contributed by atoms with Gasteiger partial charge in [0.15, 0.2) is 0 Å². The number of nitrogens with zero attached hydrogens (tertiary/aromatic N) is 1. The van der Waals surface area contributed by atoms with Crippen molar-refractivity contribution in [1.82, 2.24) is 4.90 Å². The third-order valence-electron chi connectivity index (χ3n) is 4.39. The molecule has 2 aliphatic rings. The van der Waals surface area contributed by atoms with Crippen molar-refractivity contribution in [2.75, 3.05) is 13.1 Å². The molecule has 18 heavy (non-hydrogen) atoms. The van der Waals surface area contributed by atoms with E-state index in [1.165, 1.54) is 0 Å². The zero-order valence-corrected chi connectivity index (χ0v) is 10.5. The minimum absolute atomic E-state index is 0.219. The molecule has 0 aromatic heterocycles. The highest BCUT2D eigenvalue weighted by atomic mass is 16.3. The highest BCUT2D eigenvalue weighted by Gasteiger charge is 2.48. The first kappa shape index (κ1) is 11.7. The zero-order valence-electron chi connectivity index (χ0n) is 10.5. The van der Waals surface area contributed by atoms with Gasteiger partial charge in [-0.2, -0.15) is 0 Å². The molecule has 1 N–H and O–H groups in total. The number of hydrogen-bond donors (Lipinski definition) is 1. The fourth-order valence-corrected chi connectivity index (χ4v) is 3.14. The van der Waals surface area contributed by atoms with Crippen molar-refractivity contribution in [3.63, 3.8) is 0 Å².